The first kappa shape index (κ1) is 23.4. The molecule has 0 aliphatic carbocycles. The molecular formula is C26H30N4O4. The predicted molar refractivity (Wildman–Crippen MR) is 132 cm³/mol. The molecule has 1 aromatic heterocycles. The molecule has 0 spiro atoms. The molecular weight excluding hydrogens is 432 g/mol. The van der Waals surface area contributed by atoms with Gasteiger partial charge in [0.05, 0.1) is 25.8 Å². The smallest absolute Gasteiger partial charge is 0.271 e. The maximum Gasteiger partial charge on any atom is 0.271 e. The van der Waals surface area contributed by atoms with E-state index in [4.69, 9.17) is 9.47 Å². The summed E-state index contributed by atoms with van der Waals surface area (Å²) in [5, 5.41) is 7.60. The summed E-state index contributed by atoms with van der Waals surface area (Å²) in [6.07, 6.45) is 2.58. The van der Waals surface area contributed by atoms with Crippen LogP contribution < -0.4 is 25.2 Å². The van der Waals surface area contributed by atoms with Gasteiger partial charge in [-0.05, 0) is 55.2 Å². The molecule has 178 valence electrons. The van der Waals surface area contributed by atoms with E-state index in [1.807, 2.05) is 24.3 Å². The summed E-state index contributed by atoms with van der Waals surface area (Å²) in [6, 6.07) is 16.4. The molecule has 1 aliphatic heterocycles. The Morgan fingerprint density at radius 3 is 2.53 bits per heavy atom. The van der Waals surface area contributed by atoms with Gasteiger partial charge in [-0.1, -0.05) is 19.1 Å². The van der Waals surface area contributed by atoms with Gasteiger partial charge in [-0.3, -0.25) is 9.59 Å². The number of hydrogen-bond acceptors (Lipinski definition) is 6. The molecule has 4 rings (SSSR count). The van der Waals surface area contributed by atoms with Crippen molar-refractivity contribution in [1.82, 2.24) is 9.78 Å². The summed E-state index contributed by atoms with van der Waals surface area (Å²) >= 11 is 0. The molecule has 8 nitrogen and oxygen atoms in total. The number of amides is 1. The number of hydrogen-bond donors (Lipinski definition) is 1. The Kier molecular flexibility index (Phi) is 7.15. The highest BCUT2D eigenvalue weighted by Gasteiger charge is 2.27. The van der Waals surface area contributed by atoms with Crippen LogP contribution in [0.1, 0.15) is 25.3 Å². The maximum absolute atomic E-state index is 13.0. The second-order valence-electron chi connectivity index (χ2n) is 8.31. The van der Waals surface area contributed by atoms with Crippen molar-refractivity contribution < 1.29 is 14.3 Å². The molecule has 3 aromatic rings. The molecule has 1 aliphatic rings. The Morgan fingerprint density at radius 2 is 1.82 bits per heavy atom. The number of carbonyl (C=O) groups excluding carboxylic acids is 1. The van der Waals surface area contributed by atoms with Crippen LogP contribution >= 0.6 is 0 Å². The number of ether oxygens (including phenoxy) is 2. The molecule has 1 fully saturated rings. The summed E-state index contributed by atoms with van der Waals surface area (Å²) in [4.78, 5) is 27.6. The highest BCUT2D eigenvalue weighted by molar-refractivity contribution is 5.93. The summed E-state index contributed by atoms with van der Waals surface area (Å²) in [6.45, 7) is 3.40. The van der Waals surface area contributed by atoms with Gasteiger partial charge in [-0.2, -0.15) is 4.68 Å². The molecule has 2 heterocycles. The third-order valence-corrected chi connectivity index (χ3v) is 6.14. The van der Waals surface area contributed by atoms with Crippen LogP contribution in [0.3, 0.4) is 0 Å². The monoisotopic (exact) mass is 462 g/mol. The van der Waals surface area contributed by atoms with Crippen LogP contribution in [0.15, 0.2) is 59.4 Å². The van der Waals surface area contributed by atoms with E-state index in [1.54, 1.807) is 38.5 Å². The minimum atomic E-state index is -0.201. The van der Waals surface area contributed by atoms with Gasteiger partial charge in [0.25, 0.3) is 5.56 Å². The van der Waals surface area contributed by atoms with Crippen molar-refractivity contribution >= 4 is 17.4 Å². The van der Waals surface area contributed by atoms with E-state index >= 15 is 0 Å². The summed E-state index contributed by atoms with van der Waals surface area (Å²) in [5.74, 6) is 1.59. The second kappa shape index (κ2) is 10.4. The molecule has 0 saturated carbocycles. The molecule has 1 saturated heterocycles. The van der Waals surface area contributed by atoms with Gasteiger partial charge >= 0.3 is 0 Å². The molecule has 1 unspecified atom stereocenters. The molecule has 1 amide bonds. The van der Waals surface area contributed by atoms with Gasteiger partial charge in [0.15, 0.2) is 11.5 Å². The second-order valence-corrected chi connectivity index (χ2v) is 8.31. The first-order chi connectivity index (χ1) is 16.5. The zero-order valence-electron chi connectivity index (χ0n) is 19.8. The lowest BCUT2D eigenvalue weighted by Gasteiger charge is -2.33. The van der Waals surface area contributed by atoms with Crippen molar-refractivity contribution in [1.29, 1.82) is 0 Å². The van der Waals surface area contributed by atoms with Gasteiger partial charge < -0.3 is 19.7 Å². The molecule has 2 aromatic carbocycles. The van der Waals surface area contributed by atoms with Gasteiger partial charge in [0, 0.05) is 30.9 Å². The number of nitrogens with one attached hydrogen (secondary N) is 1. The Morgan fingerprint density at radius 1 is 1.06 bits per heavy atom. The lowest BCUT2D eigenvalue weighted by molar-refractivity contribution is -0.120. The fraction of sp³-hybridized carbons (Fsp3) is 0.346. The van der Waals surface area contributed by atoms with Crippen LogP contribution in [-0.2, 0) is 11.2 Å². The van der Waals surface area contributed by atoms with Crippen LogP contribution in [0, 0.1) is 5.92 Å². The van der Waals surface area contributed by atoms with Crippen molar-refractivity contribution in [3.63, 3.8) is 0 Å². The molecule has 8 heteroatoms. The molecule has 34 heavy (non-hydrogen) atoms. The molecule has 1 atom stereocenters. The minimum absolute atomic E-state index is 0.0552. The van der Waals surface area contributed by atoms with E-state index in [1.165, 1.54) is 16.3 Å². The Hall–Kier alpha value is -3.81. The number of benzene rings is 2. The molecule has 0 bridgehead atoms. The number of aromatic nitrogens is 2. The highest BCUT2D eigenvalue weighted by Crippen LogP contribution is 2.30. The van der Waals surface area contributed by atoms with Gasteiger partial charge in [-0.25, -0.2) is 0 Å². The molecule has 1 N–H and O–H groups in total. The van der Waals surface area contributed by atoms with Crippen LogP contribution in [0.25, 0.3) is 5.69 Å². The van der Waals surface area contributed by atoms with Crippen molar-refractivity contribution in [3.05, 3.63) is 70.5 Å². The van der Waals surface area contributed by atoms with E-state index in [0.717, 1.165) is 31.5 Å². The van der Waals surface area contributed by atoms with Gasteiger partial charge in [0.2, 0.25) is 5.91 Å². The average molecular weight is 463 g/mol. The number of rotatable bonds is 7. The van der Waals surface area contributed by atoms with Crippen LogP contribution in [-0.4, -0.2) is 43.0 Å². The van der Waals surface area contributed by atoms with E-state index in [2.05, 4.69) is 22.2 Å². The fourth-order valence-electron chi connectivity index (χ4n) is 4.19. The summed E-state index contributed by atoms with van der Waals surface area (Å²) in [7, 11) is 3.14. The van der Waals surface area contributed by atoms with Crippen LogP contribution in [0.5, 0.6) is 11.5 Å². The van der Waals surface area contributed by atoms with Gasteiger partial charge in [-0.15, -0.1) is 5.10 Å². The zero-order valence-corrected chi connectivity index (χ0v) is 19.8. The van der Waals surface area contributed by atoms with Crippen molar-refractivity contribution in [2.75, 3.05) is 37.5 Å². The number of anilines is 2. The quantitative estimate of drug-likeness (QED) is 0.577. The number of methoxy groups -OCH3 is 2. The Labute approximate surface area is 199 Å². The van der Waals surface area contributed by atoms with Crippen molar-refractivity contribution in [2.45, 2.75) is 26.2 Å². The Balaban J connectivity index is 1.49. The SMILES string of the molecule is CCc1ccc(-n2nc(N3CCCC(C(=O)Nc4ccc(OC)c(OC)c4)C3)ccc2=O)cc1. The predicted octanol–water partition coefficient (Wildman–Crippen LogP) is 3.67. The van der Waals surface area contributed by atoms with E-state index in [-0.39, 0.29) is 17.4 Å². The first-order valence-corrected chi connectivity index (χ1v) is 11.5. The summed E-state index contributed by atoms with van der Waals surface area (Å²) in [5.41, 5.74) is 2.39. The average Bonchev–Trinajstić information content (AvgIpc) is 2.89. The Bertz CT molecular complexity index is 1210. The van der Waals surface area contributed by atoms with E-state index in [9.17, 15) is 9.59 Å². The number of piperidine rings is 1. The minimum Gasteiger partial charge on any atom is -0.493 e. The van der Waals surface area contributed by atoms with Crippen LogP contribution in [0.4, 0.5) is 11.5 Å². The normalized spacial score (nSPS) is 15.6. The largest absolute Gasteiger partial charge is 0.493 e. The highest BCUT2D eigenvalue weighted by atomic mass is 16.5. The lowest BCUT2D eigenvalue weighted by Crippen LogP contribution is -2.41. The van der Waals surface area contributed by atoms with Crippen LogP contribution in [0.2, 0.25) is 0 Å². The van der Waals surface area contributed by atoms with Gasteiger partial charge in [0.1, 0.15) is 5.82 Å². The van der Waals surface area contributed by atoms with Crippen molar-refractivity contribution in [2.24, 2.45) is 5.92 Å². The fourth-order valence-corrected chi connectivity index (χ4v) is 4.19. The number of nitrogens with zero attached hydrogens (tertiary/aromatic N) is 3. The number of carbonyl (C=O) groups is 1. The number of aryl methyl sites for hydroxylation is 1. The van der Waals surface area contributed by atoms with E-state index < -0.39 is 0 Å². The zero-order chi connectivity index (χ0) is 24.1. The topological polar surface area (TPSA) is 85.7 Å². The maximum atomic E-state index is 13.0. The lowest BCUT2D eigenvalue weighted by atomic mass is 9.97. The standard InChI is InChI=1S/C26H30N4O4/c1-4-18-7-10-21(11-8-18)30-25(31)14-13-24(28-30)29-15-5-6-19(17-29)26(32)27-20-9-12-22(33-2)23(16-20)34-3/h7-14,16,19H,4-6,15,17H2,1-3H3,(H,27,32). The molecule has 0 radical (unpaired) electrons. The van der Waals surface area contributed by atoms with Crippen molar-refractivity contribution in [3.8, 4) is 17.2 Å². The van der Waals surface area contributed by atoms with E-state index in [0.29, 0.717) is 29.5 Å². The summed E-state index contributed by atoms with van der Waals surface area (Å²) < 4.78 is 12.0. The third kappa shape index (κ3) is 5.06. The third-order valence-electron chi connectivity index (χ3n) is 6.14. The first-order valence-electron chi connectivity index (χ1n) is 11.5.